The minimum Gasteiger partial charge on any atom is -0.394 e. The van der Waals surface area contributed by atoms with E-state index in [1.165, 1.54) is 16.1 Å². The highest BCUT2D eigenvalue weighted by Crippen LogP contribution is 2.37. The number of fused-ring (bicyclic) bond motifs is 1. The first-order valence-electron chi connectivity index (χ1n) is 4.81. The maximum absolute atomic E-state index is 9.17. The molecule has 1 aromatic carbocycles. The first-order chi connectivity index (χ1) is 6.76. The number of nitrogens with one attached hydrogen (secondary N) is 1. The first-order valence-corrected chi connectivity index (χ1v) is 6.04. The van der Waals surface area contributed by atoms with Crippen LogP contribution in [0.25, 0.3) is 0 Å². The van der Waals surface area contributed by atoms with Gasteiger partial charge in [0.05, 0.1) is 12.6 Å². The van der Waals surface area contributed by atoms with Crippen molar-refractivity contribution in [3.8, 4) is 0 Å². The van der Waals surface area contributed by atoms with Crippen molar-refractivity contribution in [3.63, 3.8) is 0 Å². The van der Waals surface area contributed by atoms with Crippen molar-refractivity contribution in [2.75, 3.05) is 18.2 Å². The van der Waals surface area contributed by atoms with Crippen LogP contribution >= 0.6 is 11.8 Å². The zero-order valence-corrected chi connectivity index (χ0v) is 9.27. The SMILES string of the molecule is CSc1ccc2c(c1)NC(CO)C2C. The molecule has 2 atom stereocenters. The fraction of sp³-hybridized carbons (Fsp3) is 0.455. The van der Waals surface area contributed by atoms with Gasteiger partial charge in [-0.15, -0.1) is 11.8 Å². The topological polar surface area (TPSA) is 32.3 Å². The fourth-order valence-electron chi connectivity index (χ4n) is 1.93. The molecule has 0 saturated heterocycles. The van der Waals surface area contributed by atoms with Crippen LogP contribution in [0.3, 0.4) is 0 Å². The smallest absolute Gasteiger partial charge is 0.0638 e. The number of thioether (sulfide) groups is 1. The molecule has 0 saturated carbocycles. The number of rotatable bonds is 2. The zero-order chi connectivity index (χ0) is 10.1. The molecule has 0 spiro atoms. The summed E-state index contributed by atoms with van der Waals surface area (Å²) in [7, 11) is 0. The van der Waals surface area contributed by atoms with Crippen LogP contribution in [-0.2, 0) is 0 Å². The molecule has 0 aromatic heterocycles. The van der Waals surface area contributed by atoms with E-state index in [2.05, 4.69) is 36.7 Å². The van der Waals surface area contributed by atoms with Crippen LogP contribution in [0, 0.1) is 0 Å². The van der Waals surface area contributed by atoms with Gasteiger partial charge in [-0.2, -0.15) is 0 Å². The largest absolute Gasteiger partial charge is 0.394 e. The normalized spacial score (nSPS) is 24.5. The Morgan fingerprint density at radius 2 is 2.29 bits per heavy atom. The third-order valence-electron chi connectivity index (χ3n) is 2.89. The lowest BCUT2D eigenvalue weighted by molar-refractivity contribution is 0.266. The van der Waals surface area contributed by atoms with Gasteiger partial charge in [0.2, 0.25) is 0 Å². The molecular weight excluding hydrogens is 194 g/mol. The molecule has 0 aliphatic carbocycles. The molecule has 1 aliphatic rings. The molecule has 14 heavy (non-hydrogen) atoms. The summed E-state index contributed by atoms with van der Waals surface area (Å²) in [4.78, 5) is 1.27. The standard InChI is InChI=1S/C11H15NOS/c1-7-9-4-3-8(14-2)5-10(9)12-11(7)6-13/h3-5,7,11-13H,6H2,1-2H3. The molecule has 0 radical (unpaired) electrons. The Labute approximate surface area is 88.7 Å². The first kappa shape index (κ1) is 9.87. The second-order valence-electron chi connectivity index (χ2n) is 3.68. The molecule has 0 amide bonds. The van der Waals surface area contributed by atoms with Crippen LogP contribution in [0.1, 0.15) is 18.4 Å². The zero-order valence-electron chi connectivity index (χ0n) is 8.45. The van der Waals surface area contributed by atoms with Crippen molar-refractivity contribution < 1.29 is 5.11 Å². The van der Waals surface area contributed by atoms with Crippen molar-refractivity contribution >= 4 is 17.4 Å². The Morgan fingerprint density at radius 1 is 1.50 bits per heavy atom. The molecule has 2 unspecified atom stereocenters. The van der Waals surface area contributed by atoms with E-state index in [9.17, 15) is 0 Å². The number of aliphatic hydroxyl groups excluding tert-OH is 1. The molecule has 1 aliphatic heterocycles. The molecule has 2 rings (SSSR count). The summed E-state index contributed by atoms with van der Waals surface area (Å²) >= 11 is 1.74. The van der Waals surface area contributed by atoms with Gasteiger partial charge in [-0.3, -0.25) is 0 Å². The van der Waals surface area contributed by atoms with E-state index in [4.69, 9.17) is 5.11 Å². The van der Waals surface area contributed by atoms with E-state index >= 15 is 0 Å². The summed E-state index contributed by atoms with van der Waals surface area (Å²) in [6, 6.07) is 6.64. The van der Waals surface area contributed by atoms with Crippen molar-refractivity contribution in [1.82, 2.24) is 0 Å². The van der Waals surface area contributed by atoms with Crippen LogP contribution in [-0.4, -0.2) is 24.0 Å². The third-order valence-corrected chi connectivity index (χ3v) is 3.62. The second kappa shape index (κ2) is 3.83. The molecule has 0 fully saturated rings. The predicted octanol–water partition coefficient (Wildman–Crippen LogP) is 2.30. The highest BCUT2D eigenvalue weighted by atomic mass is 32.2. The number of aliphatic hydroxyl groups is 1. The lowest BCUT2D eigenvalue weighted by Crippen LogP contribution is -2.22. The quantitative estimate of drug-likeness (QED) is 0.733. The number of anilines is 1. The Bertz CT molecular complexity index is 340. The maximum atomic E-state index is 9.17. The van der Waals surface area contributed by atoms with E-state index in [1.807, 2.05) is 0 Å². The highest BCUT2D eigenvalue weighted by molar-refractivity contribution is 7.98. The summed E-state index contributed by atoms with van der Waals surface area (Å²) in [5.41, 5.74) is 2.50. The average Bonchev–Trinajstić information content (AvgIpc) is 2.55. The van der Waals surface area contributed by atoms with E-state index in [0.29, 0.717) is 5.92 Å². The Kier molecular flexibility index (Phi) is 2.70. The van der Waals surface area contributed by atoms with Crippen molar-refractivity contribution in [2.45, 2.75) is 23.8 Å². The Hall–Kier alpha value is -0.670. The molecule has 0 bridgehead atoms. The van der Waals surface area contributed by atoms with Crippen molar-refractivity contribution in [2.24, 2.45) is 0 Å². The predicted molar refractivity (Wildman–Crippen MR) is 61.1 cm³/mol. The summed E-state index contributed by atoms with van der Waals surface area (Å²) in [6.45, 7) is 2.35. The summed E-state index contributed by atoms with van der Waals surface area (Å²) < 4.78 is 0. The van der Waals surface area contributed by atoms with Crippen molar-refractivity contribution in [1.29, 1.82) is 0 Å². The molecular formula is C11H15NOS. The molecule has 76 valence electrons. The second-order valence-corrected chi connectivity index (χ2v) is 4.55. The summed E-state index contributed by atoms with van der Waals surface area (Å²) in [6.07, 6.45) is 2.07. The van der Waals surface area contributed by atoms with E-state index < -0.39 is 0 Å². The van der Waals surface area contributed by atoms with E-state index in [1.54, 1.807) is 11.8 Å². The van der Waals surface area contributed by atoms with Gasteiger partial charge in [0.15, 0.2) is 0 Å². The Balaban J connectivity index is 2.34. The van der Waals surface area contributed by atoms with E-state index in [0.717, 1.165) is 0 Å². The molecule has 2 N–H and O–H groups in total. The van der Waals surface area contributed by atoms with Crippen LogP contribution in [0.4, 0.5) is 5.69 Å². The molecule has 1 aromatic rings. The number of hydrogen-bond donors (Lipinski definition) is 2. The number of hydrogen-bond acceptors (Lipinski definition) is 3. The van der Waals surface area contributed by atoms with E-state index in [-0.39, 0.29) is 12.6 Å². The van der Waals surface area contributed by atoms with Crippen LogP contribution in [0.2, 0.25) is 0 Å². The minimum absolute atomic E-state index is 0.183. The molecule has 1 heterocycles. The monoisotopic (exact) mass is 209 g/mol. The summed E-state index contributed by atoms with van der Waals surface area (Å²) in [5, 5.41) is 12.5. The number of benzene rings is 1. The Morgan fingerprint density at radius 3 is 2.93 bits per heavy atom. The molecule has 2 nitrogen and oxygen atoms in total. The van der Waals surface area contributed by atoms with Gasteiger partial charge < -0.3 is 10.4 Å². The summed E-state index contributed by atoms with van der Waals surface area (Å²) in [5.74, 6) is 0.408. The third kappa shape index (κ3) is 1.51. The lowest BCUT2D eigenvalue weighted by atomic mass is 9.98. The highest BCUT2D eigenvalue weighted by Gasteiger charge is 2.27. The average molecular weight is 209 g/mol. The van der Waals surface area contributed by atoms with Gasteiger partial charge in [0.25, 0.3) is 0 Å². The van der Waals surface area contributed by atoms with Gasteiger partial charge in [0.1, 0.15) is 0 Å². The lowest BCUT2D eigenvalue weighted by Gasteiger charge is -2.12. The van der Waals surface area contributed by atoms with Crippen LogP contribution in [0.15, 0.2) is 23.1 Å². The molecule has 3 heteroatoms. The minimum atomic E-state index is 0.183. The van der Waals surface area contributed by atoms with Crippen molar-refractivity contribution in [3.05, 3.63) is 23.8 Å². The maximum Gasteiger partial charge on any atom is 0.0638 e. The van der Waals surface area contributed by atoms with Crippen LogP contribution in [0.5, 0.6) is 0 Å². The fourth-order valence-corrected chi connectivity index (χ4v) is 2.37. The van der Waals surface area contributed by atoms with Crippen LogP contribution < -0.4 is 5.32 Å². The van der Waals surface area contributed by atoms with Gasteiger partial charge in [-0.05, 0) is 24.0 Å². The van der Waals surface area contributed by atoms with Gasteiger partial charge in [0, 0.05) is 16.5 Å². The van der Waals surface area contributed by atoms with Gasteiger partial charge >= 0.3 is 0 Å². The van der Waals surface area contributed by atoms with Gasteiger partial charge in [-0.1, -0.05) is 13.0 Å². The van der Waals surface area contributed by atoms with Gasteiger partial charge in [-0.25, -0.2) is 0 Å².